The molecule has 0 bridgehead atoms. The molecule has 0 spiro atoms. The van der Waals surface area contributed by atoms with Gasteiger partial charge in [0.15, 0.2) is 11.2 Å². The number of aromatic nitrogens is 1. The second-order valence-corrected chi connectivity index (χ2v) is 11.1. The van der Waals surface area contributed by atoms with Crippen LogP contribution in [0.1, 0.15) is 0 Å². The van der Waals surface area contributed by atoms with Crippen molar-refractivity contribution < 1.29 is 13.3 Å². The van der Waals surface area contributed by atoms with E-state index in [-0.39, 0.29) is 10.9 Å². The van der Waals surface area contributed by atoms with Crippen molar-refractivity contribution in [1.82, 2.24) is 4.57 Å². The Morgan fingerprint density at radius 3 is 1.86 bits per heavy atom. The fraction of sp³-hybridized carbons (Fsp3) is 0. The number of hydrogen-bond donors (Lipinski definition) is 0. The summed E-state index contributed by atoms with van der Waals surface area (Å²) >= 11 is 0. The summed E-state index contributed by atoms with van der Waals surface area (Å²) in [7, 11) is 0. The van der Waals surface area contributed by atoms with Gasteiger partial charge in [0, 0.05) is 27.6 Å². The Balaban J connectivity index is 1.37. The SMILES string of the molecule is O=c1c2ccccc2oc2cc3oc4c(-n5c6ccccc6c6ccc7c8ccccc8oc7c65)cccc4c(=O)c3cc12. The third kappa shape index (κ3) is 2.93. The van der Waals surface area contributed by atoms with Crippen molar-refractivity contribution in [1.29, 1.82) is 0 Å². The highest BCUT2D eigenvalue weighted by molar-refractivity contribution is 6.22. The third-order valence-electron chi connectivity index (χ3n) is 8.79. The fourth-order valence-electron chi connectivity index (χ4n) is 6.81. The fourth-order valence-corrected chi connectivity index (χ4v) is 6.81. The van der Waals surface area contributed by atoms with Gasteiger partial charge >= 0.3 is 0 Å². The number of benzene rings is 6. The predicted molar refractivity (Wildman–Crippen MR) is 175 cm³/mol. The number of furan rings is 1. The van der Waals surface area contributed by atoms with Crippen LogP contribution in [0.5, 0.6) is 0 Å². The molecular weight excluding hydrogens is 550 g/mol. The van der Waals surface area contributed by atoms with Gasteiger partial charge < -0.3 is 17.8 Å². The van der Waals surface area contributed by atoms with E-state index in [1.807, 2.05) is 48.5 Å². The van der Waals surface area contributed by atoms with Crippen molar-refractivity contribution in [2.75, 3.05) is 0 Å². The maximum atomic E-state index is 14.1. The summed E-state index contributed by atoms with van der Waals surface area (Å²) in [5.41, 5.74) is 5.36. The molecule has 206 valence electrons. The zero-order chi connectivity index (χ0) is 29.1. The largest absolute Gasteiger partial charge is 0.456 e. The Kier molecular flexibility index (Phi) is 4.39. The second kappa shape index (κ2) is 8.24. The zero-order valence-corrected chi connectivity index (χ0v) is 23.0. The Morgan fingerprint density at radius 1 is 0.409 bits per heavy atom. The van der Waals surface area contributed by atoms with Gasteiger partial charge in [0.2, 0.25) is 10.9 Å². The molecule has 10 rings (SSSR count). The highest BCUT2D eigenvalue weighted by atomic mass is 16.3. The van der Waals surface area contributed by atoms with Crippen LogP contribution in [0.2, 0.25) is 0 Å². The van der Waals surface area contributed by atoms with E-state index in [9.17, 15) is 9.59 Å². The first-order valence-corrected chi connectivity index (χ1v) is 14.3. The molecule has 0 aliphatic carbocycles. The molecule has 6 aromatic carbocycles. The van der Waals surface area contributed by atoms with Crippen molar-refractivity contribution in [3.63, 3.8) is 0 Å². The van der Waals surface area contributed by atoms with Gasteiger partial charge in [-0.15, -0.1) is 0 Å². The van der Waals surface area contributed by atoms with E-state index in [0.717, 1.165) is 43.7 Å². The molecule has 4 heterocycles. The first kappa shape index (κ1) is 23.4. The molecule has 0 amide bonds. The maximum absolute atomic E-state index is 14.1. The van der Waals surface area contributed by atoms with Crippen LogP contribution in [-0.2, 0) is 0 Å². The number of para-hydroxylation sites is 4. The molecule has 0 aliphatic heterocycles. The average molecular weight is 570 g/mol. The van der Waals surface area contributed by atoms with Crippen molar-refractivity contribution in [2.45, 2.75) is 0 Å². The van der Waals surface area contributed by atoms with E-state index in [1.165, 1.54) is 0 Å². The molecule has 44 heavy (non-hydrogen) atoms. The maximum Gasteiger partial charge on any atom is 0.200 e. The Bertz CT molecular complexity index is 2990. The number of hydrogen-bond acceptors (Lipinski definition) is 5. The van der Waals surface area contributed by atoms with Gasteiger partial charge in [-0.05, 0) is 48.5 Å². The monoisotopic (exact) mass is 569 g/mol. The first-order chi connectivity index (χ1) is 21.7. The molecule has 0 fully saturated rings. The zero-order valence-electron chi connectivity index (χ0n) is 23.0. The van der Waals surface area contributed by atoms with Crippen LogP contribution in [0, 0.1) is 0 Å². The highest BCUT2D eigenvalue weighted by Gasteiger charge is 2.22. The first-order valence-electron chi connectivity index (χ1n) is 14.3. The Hall–Kier alpha value is -6.14. The van der Waals surface area contributed by atoms with Crippen LogP contribution in [0.25, 0.3) is 93.3 Å². The normalized spacial score (nSPS) is 12.3. The lowest BCUT2D eigenvalue weighted by atomic mass is 10.1. The smallest absolute Gasteiger partial charge is 0.200 e. The summed E-state index contributed by atoms with van der Waals surface area (Å²) in [6.07, 6.45) is 0. The van der Waals surface area contributed by atoms with Gasteiger partial charge in [0.05, 0.1) is 38.3 Å². The van der Waals surface area contributed by atoms with Crippen molar-refractivity contribution in [2.24, 2.45) is 0 Å². The molecule has 6 nitrogen and oxygen atoms in total. The minimum Gasteiger partial charge on any atom is -0.456 e. The lowest BCUT2D eigenvalue weighted by Crippen LogP contribution is -2.07. The summed E-state index contributed by atoms with van der Waals surface area (Å²) in [6.45, 7) is 0. The molecule has 0 N–H and O–H groups in total. The van der Waals surface area contributed by atoms with Crippen LogP contribution in [-0.4, -0.2) is 4.57 Å². The molecule has 6 heteroatoms. The van der Waals surface area contributed by atoms with Gasteiger partial charge in [-0.1, -0.05) is 60.7 Å². The molecule has 0 saturated heterocycles. The van der Waals surface area contributed by atoms with E-state index in [1.54, 1.807) is 36.4 Å². The molecule has 0 aliphatic rings. The second-order valence-electron chi connectivity index (χ2n) is 11.1. The summed E-state index contributed by atoms with van der Waals surface area (Å²) in [5, 5.41) is 5.70. The van der Waals surface area contributed by atoms with Gasteiger partial charge in [-0.3, -0.25) is 9.59 Å². The summed E-state index contributed by atoms with van der Waals surface area (Å²) in [4.78, 5) is 27.4. The summed E-state index contributed by atoms with van der Waals surface area (Å²) in [6, 6.07) is 36.4. The minimum absolute atomic E-state index is 0.183. The quantitative estimate of drug-likeness (QED) is 0.184. The van der Waals surface area contributed by atoms with E-state index < -0.39 is 0 Å². The molecular formula is C38H19NO5. The number of rotatable bonds is 1. The molecule has 4 aromatic heterocycles. The van der Waals surface area contributed by atoms with Crippen molar-refractivity contribution in [3.05, 3.63) is 136 Å². The Labute approximate surface area is 246 Å². The van der Waals surface area contributed by atoms with Crippen molar-refractivity contribution in [3.8, 4) is 5.69 Å². The van der Waals surface area contributed by atoms with Crippen LogP contribution in [0.3, 0.4) is 0 Å². The number of nitrogens with zero attached hydrogens (tertiary/aromatic N) is 1. The lowest BCUT2D eigenvalue weighted by Gasteiger charge is -2.12. The summed E-state index contributed by atoms with van der Waals surface area (Å²) in [5.74, 6) is 0. The van der Waals surface area contributed by atoms with Crippen LogP contribution in [0.15, 0.2) is 138 Å². The lowest BCUT2D eigenvalue weighted by molar-refractivity contribution is 0.645. The molecule has 0 atom stereocenters. The summed E-state index contributed by atoms with van der Waals surface area (Å²) < 4.78 is 21.3. The van der Waals surface area contributed by atoms with Gasteiger partial charge in [-0.25, -0.2) is 0 Å². The topological polar surface area (TPSA) is 78.5 Å². The van der Waals surface area contributed by atoms with Gasteiger partial charge in [0.1, 0.15) is 22.3 Å². The molecule has 0 radical (unpaired) electrons. The van der Waals surface area contributed by atoms with E-state index in [0.29, 0.717) is 49.6 Å². The Morgan fingerprint density at radius 2 is 1.02 bits per heavy atom. The third-order valence-corrected chi connectivity index (χ3v) is 8.79. The molecule has 0 unspecified atom stereocenters. The van der Waals surface area contributed by atoms with Gasteiger partial charge in [-0.2, -0.15) is 0 Å². The molecule has 0 saturated carbocycles. The standard InChI is InChI=1S/C38H19NO5/c40-35-24-10-3-6-15-31(24)42-32-19-33-27(18-26(32)35)36(41)25-11-7-13-29(37(25)44-33)39-28-12-4-1-8-20(28)22-16-17-23-21-9-2-5-14-30(21)43-38(23)34(22)39/h1-19H. The van der Waals surface area contributed by atoms with Crippen molar-refractivity contribution >= 4 is 87.6 Å². The van der Waals surface area contributed by atoms with Gasteiger partial charge in [0.25, 0.3) is 0 Å². The van der Waals surface area contributed by atoms with E-state index in [4.69, 9.17) is 13.3 Å². The predicted octanol–water partition coefficient (Wildman–Crippen LogP) is 9.20. The minimum atomic E-state index is -0.216. The number of fused-ring (bicyclic) bond motifs is 11. The van der Waals surface area contributed by atoms with E-state index >= 15 is 0 Å². The van der Waals surface area contributed by atoms with Crippen LogP contribution >= 0.6 is 0 Å². The molecule has 10 aromatic rings. The highest BCUT2D eigenvalue weighted by Crippen LogP contribution is 2.41. The van der Waals surface area contributed by atoms with Crippen LogP contribution in [0.4, 0.5) is 0 Å². The van der Waals surface area contributed by atoms with E-state index in [2.05, 4.69) is 34.9 Å². The average Bonchev–Trinajstić information content (AvgIpc) is 3.60. The van der Waals surface area contributed by atoms with Crippen LogP contribution < -0.4 is 10.9 Å².